The smallest absolute Gasteiger partial charge is 0.313 e. The lowest BCUT2D eigenvalue weighted by molar-refractivity contribution is -0.384. The molecule has 6 nitrogen and oxygen atoms in total. The summed E-state index contributed by atoms with van der Waals surface area (Å²) in [6.07, 6.45) is 0.949. The molecule has 2 rings (SSSR count). The predicted molar refractivity (Wildman–Crippen MR) is 87.7 cm³/mol. The summed E-state index contributed by atoms with van der Waals surface area (Å²) in [5.74, 6) is 0. The molecule has 0 atom stereocenters. The maximum atomic E-state index is 11.2. The van der Waals surface area contributed by atoms with E-state index in [0.717, 1.165) is 24.3 Å². The van der Waals surface area contributed by atoms with Gasteiger partial charge in [-0.3, -0.25) is 15.1 Å². The van der Waals surface area contributed by atoms with E-state index in [1.807, 2.05) is 38.2 Å². The molecular formula is C16H20N4O2. The Bertz CT molecular complexity index is 669. The van der Waals surface area contributed by atoms with Crippen LogP contribution in [0.5, 0.6) is 0 Å². The highest BCUT2D eigenvalue weighted by molar-refractivity contribution is 5.71. The molecule has 2 aromatic rings. The molecule has 0 aliphatic heterocycles. The second-order valence-corrected chi connectivity index (χ2v) is 5.18. The van der Waals surface area contributed by atoms with E-state index in [2.05, 4.69) is 15.6 Å². The number of nitro groups is 1. The van der Waals surface area contributed by atoms with Crippen molar-refractivity contribution in [1.29, 1.82) is 0 Å². The van der Waals surface area contributed by atoms with Crippen LogP contribution in [0.1, 0.15) is 17.0 Å². The number of nitrogens with zero attached hydrogens (tertiary/aromatic N) is 2. The Hall–Kier alpha value is -2.47. The van der Waals surface area contributed by atoms with Gasteiger partial charge in [0.15, 0.2) is 0 Å². The monoisotopic (exact) mass is 300 g/mol. The SMILES string of the molecule is CNCCc1ccc(Nc2cc(C)nc(C)c2[N+](=O)[O-])cc1. The largest absolute Gasteiger partial charge is 0.350 e. The number of aryl methyl sites for hydroxylation is 2. The van der Waals surface area contributed by atoms with E-state index >= 15 is 0 Å². The average molecular weight is 300 g/mol. The highest BCUT2D eigenvalue weighted by Gasteiger charge is 2.19. The van der Waals surface area contributed by atoms with E-state index < -0.39 is 4.92 Å². The number of hydrogen-bond acceptors (Lipinski definition) is 5. The van der Waals surface area contributed by atoms with Crippen LogP contribution in [0.2, 0.25) is 0 Å². The van der Waals surface area contributed by atoms with Gasteiger partial charge >= 0.3 is 5.69 Å². The van der Waals surface area contributed by atoms with Crippen LogP contribution in [0.4, 0.5) is 17.1 Å². The number of rotatable bonds is 6. The molecule has 0 unspecified atom stereocenters. The topological polar surface area (TPSA) is 80.1 Å². The quantitative estimate of drug-likeness (QED) is 0.633. The van der Waals surface area contributed by atoms with Crippen molar-refractivity contribution in [2.24, 2.45) is 0 Å². The van der Waals surface area contributed by atoms with Gasteiger partial charge < -0.3 is 10.6 Å². The standard InChI is InChI=1S/C16H20N4O2/c1-11-10-15(16(20(21)22)12(2)18-11)19-14-6-4-13(5-7-14)8-9-17-3/h4-7,10,17H,8-9H2,1-3H3,(H,18,19). The second-order valence-electron chi connectivity index (χ2n) is 5.18. The first-order valence-electron chi connectivity index (χ1n) is 7.14. The number of likely N-dealkylation sites (N-methyl/N-ethyl adjacent to an activating group) is 1. The van der Waals surface area contributed by atoms with Gasteiger partial charge in [-0.1, -0.05) is 12.1 Å². The van der Waals surface area contributed by atoms with Gasteiger partial charge in [-0.2, -0.15) is 0 Å². The van der Waals surface area contributed by atoms with Crippen molar-refractivity contribution in [3.63, 3.8) is 0 Å². The van der Waals surface area contributed by atoms with Crippen molar-refractivity contribution in [2.45, 2.75) is 20.3 Å². The summed E-state index contributed by atoms with van der Waals surface area (Å²) >= 11 is 0. The normalized spacial score (nSPS) is 10.5. The molecule has 0 radical (unpaired) electrons. The molecule has 0 amide bonds. The Morgan fingerprint density at radius 2 is 1.91 bits per heavy atom. The third-order valence-electron chi connectivity index (χ3n) is 3.37. The van der Waals surface area contributed by atoms with Crippen LogP contribution in [0.15, 0.2) is 30.3 Å². The molecule has 1 heterocycles. The summed E-state index contributed by atoms with van der Waals surface area (Å²) in [7, 11) is 1.92. The van der Waals surface area contributed by atoms with Crippen LogP contribution in [0.25, 0.3) is 0 Å². The molecule has 0 fully saturated rings. The van der Waals surface area contributed by atoms with E-state index in [9.17, 15) is 10.1 Å². The van der Waals surface area contributed by atoms with Gasteiger partial charge in [-0.15, -0.1) is 0 Å². The third-order valence-corrected chi connectivity index (χ3v) is 3.37. The van der Waals surface area contributed by atoms with E-state index in [0.29, 0.717) is 11.4 Å². The van der Waals surface area contributed by atoms with Crippen molar-refractivity contribution in [3.8, 4) is 0 Å². The predicted octanol–water partition coefficient (Wildman–Crippen LogP) is 3.11. The fraction of sp³-hybridized carbons (Fsp3) is 0.312. The van der Waals surface area contributed by atoms with Gasteiger partial charge in [0, 0.05) is 11.4 Å². The molecule has 2 N–H and O–H groups in total. The number of hydrogen-bond donors (Lipinski definition) is 2. The lowest BCUT2D eigenvalue weighted by Gasteiger charge is -2.10. The maximum absolute atomic E-state index is 11.2. The molecule has 0 saturated carbocycles. The first-order valence-corrected chi connectivity index (χ1v) is 7.14. The van der Waals surface area contributed by atoms with Crippen molar-refractivity contribution in [1.82, 2.24) is 10.3 Å². The number of nitrogens with one attached hydrogen (secondary N) is 2. The molecular weight excluding hydrogens is 280 g/mol. The number of aromatic nitrogens is 1. The summed E-state index contributed by atoms with van der Waals surface area (Å²) in [6, 6.07) is 9.60. The molecule has 116 valence electrons. The molecule has 0 saturated heterocycles. The van der Waals surface area contributed by atoms with Gasteiger partial charge in [0.1, 0.15) is 11.4 Å². The molecule has 0 spiro atoms. The minimum absolute atomic E-state index is 0.0184. The van der Waals surface area contributed by atoms with Gasteiger partial charge in [0.25, 0.3) is 0 Å². The van der Waals surface area contributed by atoms with Crippen LogP contribution in [0, 0.1) is 24.0 Å². The Balaban J connectivity index is 2.25. The van der Waals surface area contributed by atoms with Crippen molar-refractivity contribution in [2.75, 3.05) is 18.9 Å². The maximum Gasteiger partial charge on any atom is 0.313 e. The first-order chi connectivity index (χ1) is 10.5. The van der Waals surface area contributed by atoms with Gasteiger partial charge in [-0.05, 0) is 57.6 Å². The molecule has 6 heteroatoms. The van der Waals surface area contributed by atoms with Crippen molar-refractivity contribution in [3.05, 3.63) is 57.4 Å². The first kappa shape index (κ1) is 15.9. The zero-order chi connectivity index (χ0) is 16.1. The lowest BCUT2D eigenvalue weighted by atomic mass is 10.1. The lowest BCUT2D eigenvalue weighted by Crippen LogP contribution is -2.10. The minimum atomic E-state index is -0.397. The van der Waals surface area contributed by atoms with Crippen molar-refractivity contribution < 1.29 is 4.92 Å². The van der Waals surface area contributed by atoms with Crippen molar-refractivity contribution >= 4 is 17.1 Å². The molecule has 1 aromatic heterocycles. The second kappa shape index (κ2) is 7.00. The molecule has 1 aromatic carbocycles. The van der Waals surface area contributed by atoms with Crippen LogP contribution in [-0.2, 0) is 6.42 Å². The summed E-state index contributed by atoms with van der Waals surface area (Å²) in [5.41, 5.74) is 3.69. The molecule has 22 heavy (non-hydrogen) atoms. The van der Waals surface area contributed by atoms with Crippen LogP contribution < -0.4 is 10.6 Å². The Kier molecular flexibility index (Phi) is 5.06. The van der Waals surface area contributed by atoms with E-state index in [4.69, 9.17) is 0 Å². The highest BCUT2D eigenvalue weighted by Crippen LogP contribution is 2.30. The fourth-order valence-electron chi connectivity index (χ4n) is 2.33. The zero-order valence-corrected chi connectivity index (χ0v) is 13.0. The molecule has 0 bridgehead atoms. The van der Waals surface area contributed by atoms with E-state index in [-0.39, 0.29) is 5.69 Å². The Morgan fingerprint density at radius 3 is 2.50 bits per heavy atom. The van der Waals surface area contributed by atoms with Crippen LogP contribution in [0.3, 0.4) is 0 Å². The Labute approximate surface area is 129 Å². The number of pyridine rings is 1. The zero-order valence-electron chi connectivity index (χ0n) is 13.0. The summed E-state index contributed by atoms with van der Waals surface area (Å²) in [4.78, 5) is 15.0. The van der Waals surface area contributed by atoms with Gasteiger partial charge in [-0.25, -0.2) is 0 Å². The van der Waals surface area contributed by atoms with Crippen LogP contribution in [-0.4, -0.2) is 23.5 Å². The average Bonchev–Trinajstić information content (AvgIpc) is 2.45. The van der Waals surface area contributed by atoms with E-state index in [1.54, 1.807) is 13.0 Å². The number of benzene rings is 1. The summed E-state index contributed by atoms with van der Waals surface area (Å²) in [5, 5.41) is 17.5. The molecule has 0 aliphatic carbocycles. The minimum Gasteiger partial charge on any atom is -0.350 e. The highest BCUT2D eigenvalue weighted by atomic mass is 16.6. The summed E-state index contributed by atoms with van der Waals surface area (Å²) in [6.45, 7) is 4.39. The Morgan fingerprint density at radius 1 is 1.23 bits per heavy atom. The van der Waals surface area contributed by atoms with E-state index in [1.165, 1.54) is 5.56 Å². The molecule has 0 aliphatic rings. The van der Waals surface area contributed by atoms with Gasteiger partial charge in [0.05, 0.1) is 4.92 Å². The fourth-order valence-corrected chi connectivity index (χ4v) is 2.33. The third kappa shape index (κ3) is 3.79. The summed E-state index contributed by atoms with van der Waals surface area (Å²) < 4.78 is 0. The van der Waals surface area contributed by atoms with Crippen LogP contribution >= 0.6 is 0 Å². The number of anilines is 2. The van der Waals surface area contributed by atoms with Gasteiger partial charge in [0.2, 0.25) is 0 Å².